The van der Waals surface area contributed by atoms with Crippen LogP contribution in [-0.4, -0.2) is 38.5 Å². The number of benzene rings is 4. The van der Waals surface area contributed by atoms with E-state index in [1.165, 1.54) is 36.4 Å². The SMILES string of the molecule is O=C1[C@H]2[C@H](CC=C3[C@H]2C[C@@]2(Cl)C(=O)N(c4c(F)c(F)c(F)c(F)c4F)C(=O)[C@@]2(Cl)[C@H]3c2ccc(O)c3ccccc23)C(=O)N1c1ccc(Cl)cc1. The van der Waals surface area contributed by atoms with E-state index in [-0.39, 0.29) is 39.3 Å². The number of phenols is 1. The number of amides is 4. The number of halogens is 8. The molecule has 2 aliphatic heterocycles. The smallest absolute Gasteiger partial charge is 0.258 e. The Morgan fingerprint density at radius 3 is 1.96 bits per heavy atom. The lowest BCUT2D eigenvalue weighted by atomic mass is 9.56. The molecule has 4 aliphatic rings. The second-order valence-electron chi connectivity index (χ2n) is 12.9. The fourth-order valence-corrected chi connectivity index (χ4v) is 9.37. The Labute approximate surface area is 299 Å². The monoisotopic (exact) mass is 760 g/mol. The topological polar surface area (TPSA) is 95.0 Å². The highest BCUT2D eigenvalue weighted by molar-refractivity contribution is 6.58. The predicted octanol–water partition coefficient (Wildman–Crippen LogP) is 7.66. The predicted molar refractivity (Wildman–Crippen MR) is 176 cm³/mol. The molecule has 260 valence electrons. The minimum atomic E-state index is -2.69. The van der Waals surface area contributed by atoms with Crippen molar-refractivity contribution in [1.82, 2.24) is 0 Å². The van der Waals surface area contributed by atoms with Crippen LogP contribution in [0.2, 0.25) is 5.02 Å². The van der Waals surface area contributed by atoms with Gasteiger partial charge in [-0.25, -0.2) is 26.9 Å². The number of rotatable bonds is 3. The molecule has 1 saturated carbocycles. The first-order valence-electron chi connectivity index (χ1n) is 15.5. The second-order valence-corrected chi connectivity index (χ2v) is 14.6. The van der Waals surface area contributed by atoms with Crippen LogP contribution in [-0.2, 0) is 19.2 Å². The molecule has 4 aromatic carbocycles. The van der Waals surface area contributed by atoms with E-state index in [4.69, 9.17) is 34.8 Å². The summed E-state index contributed by atoms with van der Waals surface area (Å²) >= 11 is 20.5. The summed E-state index contributed by atoms with van der Waals surface area (Å²) in [5.41, 5.74) is -1.15. The third-order valence-electron chi connectivity index (χ3n) is 10.6. The highest BCUT2D eigenvalue weighted by Crippen LogP contribution is 2.66. The van der Waals surface area contributed by atoms with E-state index in [0.717, 1.165) is 4.90 Å². The standard InChI is InChI=1S/C36H20Cl3F5N2O5/c37-14-5-7-15(8-6-14)45-31(48)20-10-9-19-21(23(20)32(45)49)13-35(38)33(50)46(30-28(43)26(41)25(40)27(42)29(30)44)34(51)36(35,39)24(19)18-11-12-22(47)17-4-2-1-3-16(17)18/h1-9,11-12,20-21,23-24,47H,10,13H2/t20-,21+,23-,24-,35+,36-/m0/s1. The van der Waals surface area contributed by atoms with Gasteiger partial charge in [-0.15, -0.1) is 23.2 Å². The first-order valence-corrected chi connectivity index (χ1v) is 16.6. The zero-order valence-corrected chi connectivity index (χ0v) is 27.8. The van der Waals surface area contributed by atoms with Gasteiger partial charge in [0.15, 0.2) is 33.0 Å². The fraction of sp³-hybridized carbons (Fsp3) is 0.222. The van der Waals surface area contributed by atoms with Crippen molar-refractivity contribution in [2.24, 2.45) is 17.8 Å². The molecule has 0 spiro atoms. The summed E-state index contributed by atoms with van der Waals surface area (Å²) in [4.78, 5) is 52.4. The van der Waals surface area contributed by atoms with Crippen LogP contribution in [0, 0.1) is 46.8 Å². The van der Waals surface area contributed by atoms with Gasteiger partial charge in [0.1, 0.15) is 11.4 Å². The summed E-state index contributed by atoms with van der Waals surface area (Å²) in [7, 11) is 0. The van der Waals surface area contributed by atoms with Gasteiger partial charge in [0.05, 0.1) is 17.5 Å². The van der Waals surface area contributed by atoms with E-state index in [0.29, 0.717) is 10.4 Å². The summed E-state index contributed by atoms with van der Waals surface area (Å²) in [6.45, 7) is 0. The van der Waals surface area contributed by atoms with Crippen LogP contribution in [0.15, 0.2) is 72.3 Å². The van der Waals surface area contributed by atoms with Crippen molar-refractivity contribution in [3.05, 3.63) is 112 Å². The maximum absolute atomic E-state index is 15.3. The number of carbonyl (C=O) groups excluding carboxylic acids is 4. The Morgan fingerprint density at radius 2 is 1.31 bits per heavy atom. The first-order chi connectivity index (χ1) is 24.1. The molecule has 0 unspecified atom stereocenters. The third kappa shape index (κ3) is 4.24. The van der Waals surface area contributed by atoms with Crippen molar-refractivity contribution >= 4 is 80.6 Å². The molecule has 2 saturated heterocycles. The Morgan fingerprint density at radius 1 is 0.706 bits per heavy atom. The maximum Gasteiger partial charge on any atom is 0.258 e. The number of fused-ring (bicyclic) bond motifs is 5. The molecule has 2 heterocycles. The molecule has 0 bridgehead atoms. The minimum absolute atomic E-state index is 0.0244. The van der Waals surface area contributed by atoms with Gasteiger partial charge in [-0.2, -0.15) is 0 Å². The van der Waals surface area contributed by atoms with Crippen molar-refractivity contribution < 1.29 is 46.2 Å². The van der Waals surface area contributed by atoms with E-state index < -0.39 is 98.2 Å². The molecule has 1 N–H and O–H groups in total. The number of allylic oxidation sites excluding steroid dienone is 2. The highest BCUT2D eigenvalue weighted by atomic mass is 35.5. The summed E-state index contributed by atoms with van der Waals surface area (Å²) < 4.78 is 73.7. The van der Waals surface area contributed by atoms with E-state index in [1.54, 1.807) is 30.3 Å². The van der Waals surface area contributed by atoms with E-state index in [2.05, 4.69) is 0 Å². The molecule has 4 amide bonds. The number of phenolic OH excluding ortho intramolecular Hbond substituents is 1. The van der Waals surface area contributed by atoms with Crippen LogP contribution in [0.3, 0.4) is 0 Å². The Hall–Kier alpha value is -4.52. The van der Waals surface area contributed by atoms with Crippen LogP contribution >= 0.6 is 34.8 Å². The van der Waals surface area contributed by atoms with Crippen LogP contribution in [0.4, 0.5) is 33.3 Å². The molecule has 51 heavy (non-hydrogen) atoms. The Kier molecular flexibility index (Phi) is 7.41. The van der Waals surface area contributed by atoms with Gasteiger partial charge in [-0.1, -0.05) is 53.6 Å². The van der Waals surface area contributed by atoms with Crippen LogP contribution in [0.25, 0.3) is 10.8 Å². The molecule has 15 heteroatoms. The largest absolute Gasteiger partial charge is 0.507 e. The molecule has 0 aromatic heterocycles. The molecule has 6 atom stereocenters. The van der Waals surface area contributed by atoms with Crippen LogP contribution in [0.1, 0.15) is 24.3 Å². The summed E-state index contributed by atoms with van der Waals surface area (Å²) in [6.07, 6.45) is 0.943. The Bertz CT molecular complexity index is 2290. The molecular weight excluding hydrogens is 742 g/mol. The van der Waals surface area contributed by atoms with Crippen molar-refractivity contribution in [3.8, 4) is 5.75 Å². The molecule has 0 radical (unpaired) electrons. The summed E-state index contributed by atoms with van der Waals surface area (Å²) in [6, 6.07) is 15.0. The van der Waals surface area contributed by atoms with E-state index in [9.17, 15) is 37.5 Å². The quantitative estimate of drug-likeness (QED) is 0.0578. The lowest BCUT2D eigenvalue weighted by Crippen LogP contribution is -2.60. The van der Waals surface area contributed by atoms with Crippen molar-refractivity contribution in [2.75, 3.05) is 9.80 Å². The lowest BCUT2D eigenvalue weighted by molar-refractivity contribution is -0.125. The zero-order valence-electron chi connectivity index (χ0n) is 25.6. The van der Waals surface area contributed by atoms with Crippen molar-refractivity contribution in [1.29, 1.82) is 0 Å². The first kappa shape index (κ1) is 33.6. The lowest BCUT2D eigenvalue weighted by Gasteiger charge is -2.51. The number of alkyl halides is 2. The number of imide groups is 2. The number of hydrogen-bond acceptors (Lipinski definition) is 5. The van der Waals surface area contributed by atoms with Gasteiger partial charge in [-0.05, 0) is 60.0 Å². The van der Waals surface area contributed by atoms with Crippen molar-refractivity contribution in [2.45, 2.75) is 28.5 Å². The van der Waals surface area contributed by atoms with Crippen LogP contribution in [0.5, 0.6) is 5.75 Å². The Balaban J connectivity index is 1.37. The minimum Gasteiger partial charge on any atom is -0.507 e. The molecule has 3 fully saturated rings. The molecule has 4 aromatic rings. The zero-order chi connectivity index (χ0) is 36.5. The number of hydrogen-bond donors (Lipinski definition) is 1. The molecule has 2 aliphatic carbocycles. The van der Waals surface area contributed by atoms with Crippen molar-refractivity contribution in [3.63, 3.8) is 0 Å². The number of aromatic hydroxyl groups is 1. The van der Waals surface area contributed by atoms with E-state index >= 15 is 8.78 Å². The van der Waals surface area contributed by atoms with Gasteiger partial charge < -0.3 is 5.11 Å². The number of anilines is 2. The fourth-order valence-electron chi connectivity index (χ4n) is 8.32. The normalized spacial score (nSPS) is 28.7. The maximum atomic E-state index is 15.3. The molecule has 8 rings (SSSR count). The van der Waals surface area contributed by atoms with Gasteiger partial charge in [0, 0.05) is 16.3 Å². The second kappa shape index (κ2) is 11.2. The number of nitrogens with zero attached hydrogens (tertiary/aromatic N) is 2. The molecular formula is C36H20Cl3F5N2O5. The van der Waals surface area contributed by atoms with Gasteiger partial charge in [0.25, 0.3) is 11.8 Å². The number of carbonyl (C=O) groups is 4. The average Bonchev–Trinajstić information content (AvgIpc) is 3.45. The van der Waals surface area contributed by atoms with Gasteiger partial charge >= 0.3 is 0 Å². The van der Waals surface area contributed by atoms with Gasteiger partial charge in [0.2, 0.25) is 17.6 Å². The van der Waals surface area contributed by atoms with Crippen LogP contribution < -0.4 is 9.80 Å². The summed E-state index contributed by atoms with van der Waals surface area (Å²) in [5.74, 6) is -21.5. The molecule has 7 nitrogen and oxygen atoms in total. The summed E-state index contributed by atoms with van der Waals surface area (Å²) in [5, 5.41) is 11.6. The van der Waals surface area contributed by atoms with E-state index in [1.807, 2.05) is 0 Å². The van der Waals surface area contributed by atoms with Gasteiger partial charge in [-0.3, -0.25) is 24.1 Å². The third-order valence-corrected chi connectivity index (χ3v) is 12.2. The average molecular weight is 762 g/mol. The highest BCUT2D eigenvalue weighted by Gasteiger charge is 2.77.